The van der Waals surface area contributed by atoms with Crippen LogP contribution in [0.5, 0.6) is 0 Å². The first-order valence-corrected chi connectivity index (χ1v) is 11.3. The zero-order chi connectivity index (χ0) is 22.7. The number of anilines is 1. The number of benzene rings is 2. The summed E-state index contributed by atoms with van der Waals surface area (Å²) in [7, 11) is 0. The number of H-pyrrole nitrogens is 1. The summed E-state index contributed by atoms with van der Waals surface area (Å²) in [6.45, 7) is 4.26. The van der Waals surface area contributed by atoms with Crippen molar-refractivity contribution in [3.63, 3.8) is 0 Å². The number of aromatic nitrogens is 5. The highest BCUT2D eigenvalue weighted by Gasteiger charge is 2.16. The van der Waals surface area contributed by atoms with Crippen LogP contribution in [0.1, 0.15) is 25.3 Å². The topological polar surface area (TPSA) is 115 Å². The molecule has 0 saturated carbocycles. The molecular formula is C22H22ClN7OS. The van der Waals surface area contributed by atoms with Crippen LogP contribution >= 0.6 is 23.4 Å². The van der Waals surface area contributed by atoms with Gasteiger partial charge >= 0.3 is 0 Å². The summed E-state index contributed by atoms with van der Waals surface area (Å²) in [6, 6.07) is 17.0. The fourth-order valence-corrected chi connectivity index (χ4v) is 3.82. The summed E-state index contributed by atoms with van der Waals surface area (Å²) in [4.78, 5) is 12.3. The summed E-state index contributed by atoms with van der Waals surface area (Å²) in [5.74, 6) is 7.03. The Hall–Kier alpha value is -3.30. The number of nitrogens with one attached hydrogen (secondary N) is 2. The van der Waals surface area contributed by atoms with Crippen LogP contribution in [0, 0.1) is 0 Å². The summed E-state index contributed by atoms with van der Waals surface area (Å²) in [6.07, 6.45) is 0. The smallest absolute Gasteiger partial charge is 0.234 e. The second kappa shape index (κ2) is 9.46. The molecule has 0 aliphatic rings. The van der Waals surface area contributed by atoms with E-state index < -0.39 is 0 Å². The lowest BCUT2D eigenvalue weighted by Crippen LogP contribution is -2.16. The molecule has 0 spiro atoms. The number of halogens is 1. The lowest BCUT2D eigenvalue weighted by atomic mass is 10.0. The minimum absolute atomic E-state index is 0.150. The Morgan fingerprint density at radius 1 is 1.16 bits per heavy atom. The number of aromatic amines is 1. The maximum Gasteiger partial charge on any atom is 0.234 e. The van der Waals surface area contributed by atoms with Gasteiger partial charge in [-0.05, 0) is 41.8 Å². The number of hydrogen-bond acceptors (Lipinski definition) is 6. The molecule has 4 N–H and O–H groups in total. The van der Waals surface area contributed by atoms with Gasteiger partial charge in [-0.15, -0.1) is 10.2 Å². The van der Waals surface area contributed by atoms with E-state index in [9.17, 15) is 4.79 Å². The van der Waals surface area contributed by atoms with E-state index in [1.807, 2.05) is 42.5 Å². The largest absolute Gasteiger partial charge is 0.335 e. The molecule has 8 nitrogen and oxygen atoms in total. The van der Waals surface area contributed by atoms with Gasteiger partial charge in [-0.1, -0.05) is 61.5 Å². The van der Waals surface area contributed by atoms with Crippen LogP contribution < -0.4 is 11.2 Å². The molecule has 0 saturated heterocycles. The van der Waals surface area contributed by atoms with Crippen molar-refractivity contribution >= 4 is 35.0 Å². The van der Waals surface area contributed by atoms with Crippen molar-refractivity contribution in [2.75, 3.05) is 16.9 Å². The molecule has 0 aliphatic heterocycles. The quantitative estimate of drug-likeness (QED) is 0.271. The Labute approximate surface area is 194 Å². The molecule has 2 aromatic heterocycles. The minimum atomic E-state index is -0.150. The van der Waals surface area contributed by atoms with E-state index >= 15 is 0 Å². The van der Waals surface area contributed by atoms with Crippen LogP contribution in [0.25, 0.3) is 22.8 Å². The fourth-order valence-electron chi connectivity index (χ4n) is 3.04. The van der Waals surface area contributed by atoms with E-state index in [1.54, 1.807) is 12.1 Å². The van der Waals surface area contributed by atoms with Crippen molar-refractivity contribution in [1.82, 2.24) is 25.1 Å². The number of nitrogen functional groups attached to an aromatic ring is 1. The molecule has 0 atom stereocenters. The van der Waals surface area contributed by atoms with Gasteiger partial charge in [0.25, 0.3) is 0 Å². The fraction of sp³-hybridized carbons (Fsp3) is 0.182. The van der Waals surface area contributed by atoms with Gasteiger partial charge in [0.05, 0.1) is 11.4 Å². The van der Waals surface area contributed by atoms with Gasteiger partial charge in [0.2, 0.25) is 16.9 Å². The SMILES string of the molecule is CC(C)c1ccc(NC(=O)CSc2nnc(-c3cc(-c4ccc(Cl)cc4)n[nH]3)n2N)cc1. The molecule has 0 unspecified atom stereocenters. The molecule has 1 amide bonds. The van der Waals surface area contributed by atoms with E-state index in [2.05, 4.69) is 39.6 Å². The van der Waals surface area contributed by atoms with Gasteiger partial charge in [-0.2, -0.15) is 5.10 Å². The van der Waals surface area contributed by atoms with Crippen LogP contribution in [0.2, 0.25) is 5.02 Å². The Morgan fingerprint density at radius 3 is 2.56 bits per heavy atom. The Bertz CT molecular complexity index is 1220. The van der Waals surface area contributed by atoms with E-state index in [-0.39, 0.29) is 11.7 Å². The molecular weight excluding hydrogens is 446 g/mol. The molecule has 2 aromatic carbocycles. The van der Waals surface area contributed by atoms with Crippen molar-refractivity contribution in [3.8, 4) is 22.8 Å². The maximum absolute atomic E-state index is 12.3. The Kier molecular flexibility index (Phi) is 6.48. The van der Waals surface area contributed by atoms with Crippen LogP contribution in [0.15, 0.2) is 59.8 Å². The predicted octanol–water partition coefficient (Wildman–Crippen LogP) is 4.56. The molecule has 10 heteroatoms. The predicted molar refractivity (Wildman–Crippen MR) is 128 cm³/mol. The van der Waals surface area contributed by atoms with Crippen molar-refractivity contribution in [3.05, 3.63) is 65.2 Å². The number of carbonyl (C=O) groups excluding carboxylic acids is 1. The zero-order valence-corrected chi connectivity index (χ0v) is 19.1. The normalized spacial score (nSPS) is 11.1. The first kappa shape index (κ1) is 21.9. The van der Waals surface area contributed by atoms with E-state index in [0.29, 0.717) is 27.6 Å². The molecule has 0 radical (unpaired) electrons. The van der Waals surface area contributed by atoms with Gasteiger partial charge in [0, 0.05) is 16.3 Å². The number of carbonyl (C=O) groups is 1. The summed E-state index contributed by atoms with van der Waals surface area (Å²) in [5, 5.41) is 19.4. The number of nitrogens with two attached hydrogens (primary N) is 1. The number of hydrogen-bond donors (Lipinski definition) is 3. The van der Waals surface area contributed by atoms with Gasteiger partial charge in [0.15, 0.2) is 0 Å². The maximum atomic E-state index is 12.3. The zero-order valence-electron chi connectivity index (χ0n) is 17.5. The van der Waals surface area contributed by atoms with E-state index in [0.717, 1.165) is 16.9 Å². The summed E-state index contributed by atoms with van der Waals surface area (Å²) in [5.41, 5.74) is 4.23. The van der Waals surface area contributed by atoms with Crippen LogP contribution in [-0.2, 0) is 4.79 Å². The van der Waals surface area contributed by atoms with Crippen LogP contribution in [0.3, 0.4) is 0 Å². The Balaban J connectivity index is 1.39. The average Bonchev–Trinajstić information content (AvgIpc) is 3.40. The van der Waals surface area contributed by atoms with E-state index in [4.69, 9.17) is 17.4 Å². The van der Waals surface area contributed by atoms with Crippen molar-refractivity contribution in [1.29, 1.82) is 0 Å². The number of nitrogens with zero attached hydrogens (tertiary/aromatic N) is 4. The third-order valence-electron chi connectivity index (χ3n) is 4.82. The average molecular weight is 468 g/mol. The molecule has 164 valence electrons. The molecule has 2 heterocycles. The summed E-state index contributed by atoms with van der Waals surface area (Å²) < 4.78 is 1.34. The first-order valence-electron chi connectivity index (χ1n) is 9.95. The van der Waals surface area contributed by atoms with Crippen LogP contribution in [-0.4, -0.2) is 36.7 Å². The standard InChI is InChI=1S/C22H22ClN7OS/c1-13(2)14-5-9-17(10-6-14)25-20(31)12-32-22-29-28-21(30(22)24)19-11-18(26-27-19)15-3-7-16(23)8-4-15/h3-11,13H,12,24H2,1-2H3,(H,25,31)(H,26,27). The van der Waals surface area contributed by atoms with Crippen molar-refractivity contribution in [2.45, 2.75) is 24.9 Å². The third kappa shape index (κ3) is 4.95. The molecule has 32 heavy (non-hydrogen) atoms. The Morgan fingerprint density at radius 2 is 1.88 bits per heavy atom. The third-order valence-corrected chi connectivity index (χ3v) is 6.01. The van der Waals surface area contributed by atoms with Crippen LogP contribution in [0.4, 0.5) is 5.69 Å². The molecule has 0 bridgehead atoms. The second-order valence-corrected chi connectivity index (χ2v) is 8.84. The number of thioether (sulfide) groups is 1. The van der Waals surface area contributed by atoms with Gasteiger partial charge in [-0.25, -0.2) is 4.68 Å². The first-order chi connectivity index (χ1) is 15.4. The monoisotopic (exact) mass is 467 g/mol. The number of amides is 1. The highest BCUT2D eigenvalue weighted by Crippen LogP contribution is 2.25. The number of rotatable bonds is 7. The lowest BCUT2D eigenvalue weighted by Gasteiger charge is -2.08. The van der Waals surface area contributed by atoms with Crippen molar-refractivity contribution < 1.29 is 4.79 Å². The summed E-state index contributed by atoms with van der Waals surface area (Å²) >= 11 is 7.15. The molecule has 4 rings (SSSR count). The van der Waals surface area contributed by atoms with Gasteiger partial charge < -0.3 is 11.2 Å². The molecule has 4 aromatic rings. The lowest BCUT2D eigenvalue weighted by molar-refractivity contribution is -0.113. The molecule has 0 fully saturated rings. The van der Waals surface area contributed by atoms with E-state index in [1.165, 1.54) is 22.0 Å². The highest BCUT2D eigenvalue weighted by molar-refractivity contribution is 7.99. The highest BCUT2D eigenvalue weighted by atomic mass is 35.5. The van der Waals surface area contributed by atoms with Crippen molar-refractivity contribution in [2.24, 2.45) is 0 Å². The second-order valence-electron chi connectivity index (χ2n) is 7.46. The molecule has 0 aliphatic carbocycles. The van der Waals surface area contributed by atoms with Gasteiger partial charge in [-0.3, -0.25) is 9.89 Å². The van der Waals surface area contributed by atoms with Gasteiger partial charge in [0.1, 0.15) is 5.69 Å². The minimum Gasteiger partial charge on any atom is -0.335 e.